The predicted molar refractivity (Wildman–Crippen MR) is 114 cm³/mol. The molecule has 5 nitrogen and oxygen atoms in total. The van der Waals surface area contributed by atoms with Gasteiger partial charge in [-0.3, -0.25) is 9.78 Å². The lowest BCUT2D eigenvalue weighted by Gasteiger charge is -2.38. The van der Waals surface area contributed by atoms with Crippen molar-refractivity contribution in [2.45, 2.75) is 24.8 Å². The smallest absolute Gasteiger partial charge is 0.263 e. The van der Waals surface area contributed by atoms with Crippen molar-refractivity contribution in [3.05, 3.63) is 70.7 Å². The number of pyridine rings is 1. The molecular weight excluding hydrogens is 382 g/mol. The third-order valence-electron chi connectivity index (χ3n) is 6.10. The molecule has 1 aromatic carbocycles. The number of piperidine rings is 1. The summed E-state index contributed by atoms with van der Waals surface area (Å²) >= 11 is 1.51. The van der Waals surface area contributed by atoms with E-state index >= 15 is 0 Å². The third-order valence-corrected chi connectivity index (χ3v) is 7.19. The number of amides is 1. The van der Waals surface area contributed by atoms with E-state index in [2.05, 4.69) is 11.1 Å². The molecule has 1 saturated heterocycles. The Balaban J connectivity index is 1.31. The van der Waals surface area contributed by atoms with Gasteiger partial charge in [0.2, 0.25) is 0 Å². The van der Waals surface area contributed by atoms with Crippen LogP contribution in [0.1, 0.15) is 33.6 Å². The molecule has 1 spiro atoms. The summed E-state index contributed by atoms with van der Waals surface area (Å²) in [6.45, 7) is 2.71. The van der Waals surface area contributed by atoms with Crippen LogP contribution < -0.4 is 10.5 Å². The van der Waals surface area contributed by atoms with Crippen LogP contribution in [0, 0.1) is 0 Å². The predicted octanol–water partition coefficient (Wildman–Crippen LogP) is 3.84. The van der Waals surface area contributed by atoms with Gasteiger partial charge < -0.3 is 15.4 Å². The molecule has 4 heterocycles. The Morgan fingerprint density at radius 2 is 2.03 bits per heavy atom. The van der Waals surface area contributed by atoms with Gasteiger partial charge >= 0.3 is 0 Å². The van der Waals surface area contributed by atoms with Crippen molar-refractivity contribution < 1.29 is 9.53 Å². The molecule has 2 N–H and O–H groups in total. The number of fused-ring (bicyclic) bond motifs is 2. The largest absolute Gasteiger partial charge is 0.492 e. The maximum atomic E-state index is 13.1. The second kappa shape index (κ2) is 7.28. The Morgan fingerprint density at radius 1 is 1.17 bits per heavy atom. The van der Waals surface area contributed by atoms with E-state index in [1.807, 2.05) is 47.4 Å². The number of hydrogen-bond donors (Lipinski definition) is 1. The first kappa shape index (κ1) is 18.3. The number of hydrogen-bond acceptors (Lipinski definition) is 5. The van der Waals surface area contributed by atoms with Gasteiger partial charge in [-0.1, -0.05) is 18.2 Å². The van der Waals surface area contributed by atoms with E-state index in [1.165, 1.54) is 16.9 Å². The molecule has 2 aliphatic heterocycles. The van der Waals surface area contributed by atoms with Crippen LogP contribution in [0.25, 0.3) is 10.6 Å². The second-order valence-corrected chi connectivity index (χ2v) is 8.86. The molecular formula is C23H23N3O2S. The van der Waals surface area contributed by atoms with Gasteiger partial charge in [0.05, 0.1) is 22.1 Å². The van der Waals surface area contributed by atoms with E-state index in [9.17, 15) is 4.79 Å². The number of thiophene rings is 1. The topological polar surface area (TPSA) is 68.5 Å². The van der Waals surface area contributed by atoms with Gasteiger partial charge in [-0.05, 0) is 48.7 Å². The highest BCUT2D eigenvalue weighted by atomic mass is 32.1. The van der Waals surface area contributed by atoms with Crippen LogP contribution in [-0.2, 0) is 12.0 Å². The molecule has 6 heteroatoms. The number of carbonyl (C=O) groups excluding carboxylic acids is 1. The molecule has 0 aliphatic carbocycles. The third kappa shape index (κ3) is 3.22. The Hall–Kier alpha value is -2.70. The summed E-state index contributed by atoms with van der Waals surface area (Å²) in [5, 5.41) is 0. The number of benzene rings is 1. The van der Waals surface area contributed by atoms with Gasteiger partial charge in [0.15, 0.2) is 0 Å². The summed E-state index contributed by atoms with van der Waals surface area (Å²) in [5.74, 6) is 1.09. The van der Waals surface area contributed by atoms with Gasteiger partial charge in [0.1, 0.15) is 5.75 Å². The molecule has 148 valence electrons. The van der Waals surface area contributed by atoms with E-state index in [4.69, 9.17) is 10.5 Å². The van der Waals surface area contributed by atoms with Crippen molar-refractivity contribution >= 4 is 17.2 Å². The SMILES string of the molecule is NCc1ccc2c(c1)C1(CCN(C(=O)c3ccc(-c4ccccn4)s3)CC1)CO2. The van der Waals surface area contributed by atoms with Crippen molar-refractivity contribution in [2.24, 2.45) is 5.73 Å². The van der Waals surface area contributed by atoms with E-state index in [1.54, 1.807) is 6.20 Å². The van der Waals surface area contributed by atoms with E-state index < -0.39 is 0 Å². The van der Waals surface area contributed by atoms with Crippen LogP contribution in [0.2, 0.25) is 0 Å². The van der Waals surface area contributed by atoms with Crippen molar-refractivity contribution in [2.75, 3.05) is 19.7 Å². The fraction of sp³-hybridized carbons (Fsp3) is 0.304. The molecule has 1 amide bonds. The number of carbonyl (C=O) groups is 1. The highest BCUT2D eigenvalue weighted by molar-refractivity contribution is 7.17. The van der Waals surface area contributed by atoms with E-state index in [0.29, 0.717) is 13.2 Å². The standard InChI is InChI=1S/C23H23N3O2S/c24-14-16-4-5-19-17(13-16)23(15-28-19)8-11-26(12-9-23)22(27)21-7-6-20(29-21)18-3-1-2-10-25-18/h1-7,10,13H,8-9,11-12,14-15,24H2. The van der Waals surface area contributed by atoms with Crippen molar-refractivity contribution in [1.29, 1.82) is 0 Å². The molecule has 2 aliphatic rings. The summed E-state index contributed by atoms with van der Waals surface area (Å²) in [7, 11) is 0. The Morgan fingerprint density at radius 3 is 2.79 bits per heavy atom. The van der Waals surface area contributed by atoms with Crippen molar-refractivity contribution in [3.63, 3.8) is 0 Å². The van der Waals surface area contributed by atoms with Gasteiger partial charge in [0.25, 0.3) is 5.91 Å². The minimum Gasteiger partial charge on any atom is -0.492 e. The number of nitrogens with zero attached hydrogens (tertiary/aromatic N) is 2. The van der Waals surface area contributed by atoms with Crippen molar-refractivity contribution in [1.82, 2.24) is 9.88 Å². The molecule has 29 heavy (non-hydrogen) atoms. The van der Waals surface area contributed by atoms with E-state index in [-0.39, 0.29) is 11.3 Å². The molecule has 0 bridgehead atoms. The lowest BCUT2D eigenvalue weighted by Crippen LogP contribution is -2.45. The fourth-order valence-electron chi connectivity index (χ4n) is 4.34. The van der Waals surface area contributed by atoms with E-state index in [0.717, 1.165) is 52.7 Å². The summed E-state index contributed by atoms with van der Waals surface area (Å²) < 4.78 is 5.97. The summed E-state index contributed by atoms with van der Waals surface area (Å²) in [4.78, 5) is 21.2. The zero-order valence-electron chi connectivity index (χ0n) is 16.1. The lowest BCUT2D eigenvalue weighted by atomic mass is 9.74. The summed E-state index contributed by atoms with van der Waals surface area (Å²) in [6, 6.07) is 16.0. The average Bonchev–Trinajstić information content (AvgIpc) is 3.40. The molecule has 0 atom stereocenters. The summed E-state index contributed by atoms with van der Waals surface area (Å²) in [5.41, 5.74) is 9.14. The molecule has 3 aromatic rings. The van der Waals surface area contributed by atoms with Gasteiger partial charge in [-0.2, -0.15) is 0 Å². The van der Waals surface area contributed by atoms with Crippen LogP contribution >= 0.6 is 11.3 Å². The Labute approximate surface area is 174 Å². The normalized spacial score (nSPS) is 17.2. The fourth-order valence-corrected chi connectivity index (χ4v) is 5.30. The second-order valence-electron chi connectivity index (χ2n) is 7.77. The van der Waals surface area contributed by atoms with Crippen LogP contribution in [0.15, 0.2) is 54.7 Å². The van der Waals surface area contributed by atoms with Crippen LogP contribution in [0.4, 0.5) is 0 Å². The summed E-state index contributed by atoms with van der Waals surface area (Å²) in [6.07, 6.45) is 3.61. The first-order valence-corrected chi connectivity index (χ1v) is 10.8. The maximum Gasteiger partial charge on any atom is 0.263 e. The van der Waals surface area contributed by atoms with Crippen LogP contribution in [0.5, 0.6) is 5.75 Å². The van der Waals surface area contributed by atoms with Gasteiger partial charge in [-0.15, -0.1) is 11.3 Å². The first-order valence-electron chi connectivity index (χ1n) is 9.95. The van der Waals surface area contributed by atoms with Crippen LogP contribution in [0.3, 0.4) is 0 Å². The monoisotopic (exact) mass is 405 g/mol. The number of aromatic nitrogens is 1. The lowest BCUT2D eigenvalue weighted by molar-refractivity contribution is 0.0651. The highest BCUT2D eigenvalue weighted by Gasteiger charge is 2.44. The number of rotatable bonds is 3. The number of nitrogens with two attached hydrogens (primary N) is 1. The highest BCUT2D eigenvalue weighted by Crippen LogP contribution is 2.46. The molecule has 2 aromatic heterocycles. The van der Waals surface area contributed by atoms with Crippen molar-refractivity contribution in [3.8, 4) is 16.3 Å². The average molecular weight is 406 g/mol. The van der Waals surface area contributed by atoms with Gasteiger partial charge in [-0.25, -0.2) is 0 Å². The van der Waals surface area contributed by atoms with Gasteiger partial charge in [0, 0.05) is 36.8 Å². The Kier molecular flexibility index (Phi) is 4.60. The zero-order chi connectivity index (χ0) is 19.8. The minimum absolute atomic E-state index is 0.00582. The first-order chi connectivity index (χ1) is 14.2. The minimum atomic E-state index is 0.00582. The maximum absolute atomic E-state index is 13.1. The van der Waals surface area contributed by atoms with Crippen LogP contribution in [-0.4, -0.2) is 35.5 Å². The quantitative estimate of drug-likeness (QED) is 0.719. The molecule has 1 fully saturated rings. The number of ether oxygens (including phenoxy) is 1. The molecule has 0 unspecified atom stereocenters. The zero-order valence-corrected chi connectivity index (χ0v) is 17.0. The molecule has 0 saturated carbocycles. The molecule has 5 rings (SSSR count). The Bertz CT molecular complexity index is 1040. The number of likely N-dealkylation sites (tertiary alicyclic amines) is 1. The molecule has 0 radical (unpaired) electrons.